The Morgan fingerprint density at radius 2 is 2.12 bits per heavy atom. The van der Waals surface area contributed by atoms with Crippen LogP contribution in [0.2, 0.25) is 5.02 Å². The maximum Gasteiger partial charge on any atom is 0.573 e. The number of rotatable bonds is 3. The van der Waals surface area contributed by atoms with E-state index < -0.39 is 38.7 Å². The van der Waals surface area contributed by atoms with E-state index in [0.717, 1.165) is 18.4 Å². The zero-order chi connectivity index (χ0) is 18.1. The van der Waals surface area contributed by atoms with Gasteiger partial charge in [-0.05, 0) is 12.1 Å². The van der Waals surface area contributed by atoms with Crippen molar-refractivity contribution in [3.8, 4) is 5.75 Å². The second-order valence-electron chi connectivity index (χ2n) is 4.43. The number of ether oxygens (including phenoxy) is 1. The first-order chi connectivity index (χ1) is 11.1. The molecule has 0 spiro atoms. The minimum Gasteiger partial charge on any atom is -0.404 e. The van der Waals surface area contributed by atoms with Crippen LogP contribution < -0.4 is 21.1 Å². The Morgan fingerprint density at radius 3 is 2.62 bits per heavy atom. The van der Waals surface area contributed by atoms with E-state index in [1.165, 1.54) is 5.01 Å². The van der Waals surface area contributed by atoms with Crippen molar-refractivity contribution >= 4 is 34.3 Å². The summed E-state index contributed by atoms with van der Waals surface area (Å²) >= 11 is 5.97. The van der Waals surface area contributed by atoms with Crippen molar-refractivity contribution in [2.24, 2.45) is 5.10 Å². The van der Waals surface area contributed by atoms with Crippen molar-refractivity contribution in [1.82, 2.24) is 21.4 Å². The van der Waals surface area contributed by atoms with Crippen LogP contribution in [0.1, 0.15) is 10.4 Å². The Balaban J connectivity index is 2.36. The third-order valence-corrected chi connectivity index (χ3v) is 4.23. The normalized spacial score (nSPS) is 15.6. The van der Waals surface area contributed by atoms with Gasteiger partial charge in [-0.3, -0.25) is 19.3 Å². The molecular weight excluding hydrogens is 375 g/mol. The number of carbonyl (C=O) groups is 1. The summed E-state index contributed by atoms with van der Waals surface area (Å²) in [6.45, 7) is 0. The topological polar surface area (TPSA) is 95.1 Å². The lowest BCUT2D eigenvalue weighted by molar-refractivity contribution is -0.275. The monoisotopic (exact) mass is 385 g/mol. The maximum absolute atomic E-state index is 12.4. The molecule has 0 fully saturated rings. The molecule has 1 aromatic carbocycles. The third-order valence-electron chi connectivity index (χ3n) is 2.74. The summed E-state index contributed by atoms with van der Waals surface area (Å²) in [7, 11) is -0.378. The molecule has 0 saturated heterocycles. The molecule has 1 amide bonds. The highest BCUT2D eigenvalue weighted by molar-refractivity contribution is 7.84. The van der Waals surface area contributed by atoms with Crippen molar-refractivity contribution in [3.05, 3.63) is 22.7 Å². The van der Waals surface area contributed by atoms with Crippen LogP contribution in [0, 0.1) is 0 Å². The highest BCUT2D eigenvalue weighted by Crippen LogP contribution is 2.35. The lowest BCUT2D eigenvalue weighted by Gasteiger charge is -2.16. The summed E-state index contributed by atoms with van der Waals surface area (Å²) in [6.07, 6.45) is -3.87. The fourth-order valence-corrected chi connectivity index (χ4v) is 3.07. The van der Waals surface area contributed by atoms with E-state index in [9.17, 15) is 22.2 Å². The molecule has 1 aliphatic rings. The molecule has 132 valence electrons. The van der Waals surface area contributed by atoms with Crippen LogP contribution in [0.3, 0.4) is 0 Å². The average molecular weight is 386 g/mol. The van der Waals surface area contributed by atoms with Gasteiger partial charge in [-0.2, -0.15) is 0 Å². The number of nitrogens with zero attached hydrogens (tertiary/aromatic N) is 2. The van der Waals surface area contributed by atoms with Gasteiger partial charge in [0.2, 0.25) is 5.96 Å². The molecular formula is C11H11ClF3N5O3S. The molecule has 8 nitrogen and oxygen atoms in total. The molecule has 13 heteroatoms. The number of halogens is 4. The Kier molecular flexibility index (Phi) is 5.20. The van der Waals surface area contributed by atoms with Crippen molar-refractivity contribution < 1.29 is 26.9 Å². The van der Waals surface area contributed by atoms with E-state index in [1.807, 2.05) is 0 Å². The largest absolute Gasteiger partial charge is 0.573 e. The fourth-order valence-electron chi connectivity index (χ4n) is 1.75. The first kappa shape index (κ1) is 18.3. The standard InChI is InChI=1S/C11H11ClF3N5O3S/c1-20-10(17-18-19-20)16-9(21)5-3-4-6(23-11(13,14)15)8(7(5)12)24(2)22/h3-4,18-19H,1-2H3,(H,16,17,21). The highest BCUT2D eigenvalue weighted by atomic mass is 35.5. The molecule has 0 aromatic heterocycles. The number of hydrazone groups is 1. The summed E-state index contributed by atoms with van der Waals surface area (Å²) in [5, 5.41) is 7.03. The van der Waals surface area contributed by atoms with Crippen LogP contribution in [0.15, 0.2) is 22.1 Å². The summed E-state index contributed by atoms with van der Waals surface area (Å²) in [5.41, 5.74) is 4.74. The molecule has 1 aromatic rings. The molecule has 0 saturated carbocycles. The van der Waals surface area contributed by atoms with Crippen molar-refractivity contribution in [2.45, 2.75) is 11.3 Å². The van der Waals surface area contributed by atoms with Gasteiger partial charge in [-0.15, -0.1) is 23.8 Å². The van der Waals surface area contributed by atoms with Crippen molar-refractivity contribution in [2.75, 3.05) is 13.3 Å². The Hall–Kier alpha value is -2.05. The van der Waals surface area contributed by atoms with Gasteiger partial charge >= 0.3 is 6.36 Å². The van der Waals surface area contributed by atoms with Crippen LogP contribution in [0.5, 0.6) is 5.75 Å². The first-order valence-corrected chi connectivity index (χ1v) is 8.09. The van der Waals surface area contributed by atoms with E-state index >= 15 is 0 Å². The van der Waals surface area contributed by atoms with Crippen LogP contribution >= 0.6 is 11.6 Å². The van der Waals surface area contributed by atoms with Crippen molar-refractivity contribution in [1.29, 1.82) is 0 Å². The maximum atomic E-state index is 12.4. The highest BCUT2D eigenvalue weighted by Gasteiger charge is 2.34. The Bertz CT molecular complexity index is 728. The molecule has 1 atom stereocenters. The predicted octanol–water partition coefficient (Wildman–Crippen LogP) is 0.931. The van der Waals surface area contributed by atoms with E-state index in [4.69, 9.17) is 11.6 Å². The number of carbonyl (C=O) groups excluding carboxylic acids is 1. The number of alkyl halides is 3. The minimum atomic E-state index is -4.99. The first-order valence-electron chi connectivity index (χ1n) is 6.15. The SMILES string of the molecule is CN1NNN=C1NC(=O)c1ccc(OC(F)(F)F)c(S(C)=O)c1Cl. The number of guanidine groups is 1. The van der Waals surface area contributed by atoms with E-state index in [0.29, 0.717) is 0 Å². The van der Waals surface area contributed by atoms with E-state index in [2.05, 4.69) is 26.2 Å². The lowest BCUT2D eigenvalue weighted by Crippen LogP contribution is -2.45. The molecule has 1 heterocycles. The van der Waals surface area contributed by atoms with Crippen LogP contribution in [0.4, 0.5) is 13.2 Å². The number of hydrogen-bond acceptors (Lipinski definition) is 7. The van der Waals surface area contributed by atoms with E-state index in [-0.39, 0.29) is 11.5 Å². The fraction of sp³-hybridized carbons (Fsp3) is 0.273. The van der Waals surface area contributed by atoms with Crippen molar-refractivity contribution in [3.63, 3.8) is 0 Å². The molecule has 0 bridgehead atoms. The molecule has 0 radical (unpaired) electrons. The zero-order valence-electron chi connectivity index (χ0n) is 12.2. The minimum absolute atomic E-state index is 0.103. The summed E-state index contributed by atoms with van der Waals surface area (Å²) in [5.74, 6) is -1.38. The third kappa shape index (κ3) is 4.07. The quantitative estimate of drug-likeness (QED) is 0.716. The average Bonchev–Trinajstić information content (AvgIpc) is 2.82. The predicted molar refractivity (Wildman–Crippen MR) is 79.4 cm³/mol. The molecule has 1 unspecified atom stereocenters. The number of hydrogen-bond donors (Lipinski definition) is 3. The van der Waals surface area contributed by atoms with Crippen LogP contribution in [-0.4, -0.2) is 40.8 Å². The second kappa shape index (κ2) is 6.83. The van der Waals surface area contributed by atoms with Crippen LogP contribution in [0.25, 0.3) is 0 Å². The Morgan fingerprint density at radius 1 is 1.46 bits per heavy atom. The van der Waals surface area contributed by atoms with Gasteiger partial charge in [0.25, 0.3) is 5.91 Å². The zero-order valence-corrected chi connectivity index (χ0v) is 13.8. The number of nitrogens with one attached hydrogen (secondary N) is 3. The lowest BCUT2D eigenvalue weighted by atomic mass is 10.2. The number of amides is 1. The summed E-state index contributed by atoms with van der Waals surface area (Å²) < 4.78 is 52.8. The van der Waals surface area contributed by atoms with Gasteiger partial charge in [0, 0.05) is 13.3 Å². The summed E-state index contributed by atoms with van der Waals surface area (Å²) in [6, 6.07) is 1.91. The Labute approximate surface area is 141 Å². The van der Waals surface area contributed by atoms with E-state index in [1.54, 1.807) is 7.05 Å². The summed E-state index contributed by atoms with van der Waals surface area (Å²) in [4.78, 5) is 11.8. The molecule has 2 rings (SSSR count). The van der Waals surface area contributed by atoms with Gasteiger partial charge in [0.05, 0.1) is 21.4 Å². The molecule has 0 aliphatic carbocycles. The number of benzene rings is 1. The smallest absolute Gasteiger partial charge is 0.404 e. The van der Waals surface area contributed by atoms with Gasteiger partial charge in [0.15, 0.2) is 0 Å². The molecule has 1 aliphatic heterocycles. The van der Waals surface area contributed by atoms with Gasteiger partial charge in [-0.25, -0.2) is 5.53 Å². The second-order valence-corrected chi connectivity index (χ2v) is 6.12. The van der Waals surface area contributed by atoms with Gasteiger partial charge in [0.1, 0.15) is 10.6 Å². The molecule has 3 N–H and O–H groups in total. The molecule has 24 heavy (non-hydrogen) atoms. The van der Waals surface area contributed by atoms with Crippen LogP contribution in [-0.2, 0) is 10.8 Å². The van der Waals surface area contributed by atoms with Gasteiger partial charge in [-0.1, -0.05) is 11.6 Å². The van der Waals surface area contributed by atoms with Gasteiger partial charge < -0.3 is 4.74 Å². The number of hydrazine groups is 2.